The van der Waals surface area contributed by atoms with E-state index in [0.29, 0.717) is 37.3 Å². The number of benzene rings is 2. The van der Waals surface area contributed by atoms with E-state index in [1.807, 2.05) is 19.1 Å². The molecule has 0 fully saturated rings. The Hall–Kier alpha value is -2.82. The molecule has 0 heterocycles. The molecule has 2 aromatic carbocycles. The summed E-state index contributed by atoms with van der Waals surface area (Å²) in [6, 6.07) is 15.0. The molecule has 0 unspecified atom stereocenters. The third-order valence-corrected chi connectivity index (χ3v) is 5.16. The van der Waals surface area contributed by atoms with E-state index < -0.39 is 0 Å². The van der Waals surface area contributed by atoms with Crippen LogP contribution in [-0.2, 0) is 14.9 Å². The number of rotatable bonds is 11. The number of anilines is 1. The first-order chi connectivity index (χ1) is 14.4. The standard InChI is InChI=1S/C25H33NO4/c1-5-16-30-24(28)19-9-7-10-21(18-19)26-23(27)11-8-17-29-22-14-12-20(13-15-22)25(3,4)6-2/h7,9-10,12-15,18H,5-6,8,11,16-17H2,1-4H3,(H,26,27). The molecular formula is C25H33NO4. The molecule has 0 spiro atoms. The Morgan fingerprint density at radius 1 is 1.00 bits per heavy atom. The average molecular weight is 412 g/mol. The average Bonchev–Trinajstić information content (AvgIpc) is 2.75. The number of carbonyl (C=O) groups excluding carboxylic acids is 2. The normalized spacial score (nSPS) is 11.1. The van der Waals surface area contributed by atoms with Gasteiger partial charge < -0.3 is 14.8 Å². The van der Waals surface area contributed by atoms with Crippen LogP contribution in [0.2, 0.25) is 0 Å². The van der Waals surface area contributed by atoms with Crippen molar-refractivity contribution in [1.29, 1.82) is 0 Å². The van der Waals surface area contributed by atoms with Crippen LogP contribution in [0.25, 0.3) is 0 Å². The van der Waals surface area contributed by atoms with Crippen molar-refractivity contribution in [2.24, 2.45) is 0 Å². The fourth-order valence-electron chi connectivity index (χ4n) is 2.85. The van der Waals surface area contributed by atoms with Crippen LogP contribution >= 0.6 is 0 Å². The monoisotopic (exact) mass is 411 g/mol. The maximum atomic E-state index is 12.2. The molecule has 0 aromatic heterocycles. The molecule has 1 N–H and O–H groups in total. The van der Waals surface area contributed by atoms with Gasteiger partial charge in [-0.05, 0) is 60.6 Å². The zero-order valence-corrected chi connectivity index (χ0v) is 18.5. The molecule has 30 heavy (non-hydrogen) atoms. The van der Waals surface area contributed by atoms with Crippen LogP contribution in [0.3, 0.4) is 0 Å². The fourth-order valence-corrected chi connectivity index (χ4v) is 2.85. The summed E-state index contributed by atoms with van der Waals surface area (Å²) in [5.41, 5.74) is 2.46. The summed E-state index contributed by atoms with van der Waals surface area (Å²) in [6.45, 7) is 9.43. The van der Waals surface area contributed by atoms with Gasteiger partial charge in [0.25, 0.3) is 0 Å². The largest absolute Gasteiger partial charge is 0.494 e. The Morgan fingerprint density at radius 2 is 1.73 bits per heavy atom. The minimum Gasteiger partial charge on any atom is -0.494 e. The van der Waals surface area contributed by atoms with Crippen molar-refractivity contribution in [2.45, 2.75) is 58.8 Å². The van der Waals surface area contributed by atoms with Gasteiger partial charge in [0.05, 0.1) is 18.8 Å². The molecule has 162 valence electrons. The summed E-state index contributed by atoms with van der Waals surface area (Å²) in [6.07, 6.45) is 2.79. The Kier molecular flexibility index (Phi) is 8.90. The minimum atomic E-state index is -0.380. The van der Waals surface area contributed by atoms with Crippen molar-refractivity contribution in [3.05, 3.63) is 59.7 Å². The van der Waals surface area contributed by atoms with E-state index in [4.69, 9.17) is 9.47 Å². The first-order valence-electron chi connectivity index (χ1n) is 10.7. The van der Waals surface area contributed by atoms with Crippen LogP contribution in [-0.4, -0.2) is 25.1 Å². The summed E-state index contributed by atoms with van der Waals surface area (Å²) in [5.74, 6) is 0.316. The van der Waals surface area contributed by atoms with Crippen molar-refractivity contribution in [3.8, 4) is 5.75 Å². The quantitative estimate of drug-likeness (QED) is 0.378. The highest BCUT2D eigenvalue weighted by Gasteiger charge is 2.17. The molecule has 0 saturated heterocycles. The number of hydrogen-bond acceptors (Lipinski definition) is 4. The second-order valence-corrected chi connectivity index (χ2v) is 7.98. The van der Waals surface area contributed by atoms with Gasteiger partial charge in [0, 0.05) is 12.1 Å². The van der Waals surface area contributed by atoms with Gasteiger partial charge in [0.2, 0.25) is 5.91 Å². The predicted octanol–water partition coefficient (Wildman–Crippen LogP) is 5.74. The van der Waals surface area contributed by atoms with Crippen LogP contribution in [0.5, 0.6) is 5.75 Å². The maximum absolute atomic E-state index is 12.2. The lowest BCUT2D eigenvalue weighted by atomic mass is 9.82. The molecule has 0 radical (unpaired) electrons. The van der Waals surface area contributed by atoms with E-state index in [0.717, 1.165) is 18.6 Å². The van der Waals surface area contributed by atoms with E-state index in [1.165, 1.54) is 5.56 Å². The van der Waals surface area contributed by atoms with Gasteiger partial charge in [0.15, 0.2) is 0 Å². The zero-order valence-electron chi connectivity index (χ0n) is 18.5. The summed E-state index contributed by atoms with van der Waals surface area (Å²) >= 11 is 0. The predicted molar refractivity (Wildman–Crippen MR) is 120 cm³/mol. The first-order valence-corrected chi connectivity index (χ1v) is 10.7. The smallest absolute Gasteiger partial charge is 0.338 e. The number of nitrogens with one attached hydrogen (secondary N) is 1. The van der Waals surface area contributed by atoms with Crippen LogP contribution in [0, 0.1) is 0 Å². The highest BCUT2D eigenvalue weighted by atomic mass is 16.5. The highest BCUT2D eigenvalue weighted by molar-refractivity contribution is 5.94. The highest BCUT2D eigenvalue weighted by Crippen LogP contribution is 2.28. The van der Waals surface area contributed by atoms with Gasteiger partial charge in [-0.2, -0.15) is 0 Å². The Morgan fingerprint density at radius 3 is 2.40 bits per heavy atom. The van der Waals surface area contributed by atoms with Crippen LogP contribution < -0.4 is 10.1 Å². The van der Waals surface area contributed by atoms with Gasteiger partial charge in [-0.25, -0.2) is 4.79 Å². The third kappa shape index (κ3) is 7.21. The van der Waals surface area contributed by atoms with E-state index in [-0.39, 0.29) is 17.3 Å². The zero-order chi connectivity index (χ0) is 22.0. The van der Waals surface area contributed by atoms with Crippen molar-refractivity contribution in [2.75, 3.05) is 18.5 Å². The topological polar surface area (TPSA) is 64.6 Å². The molecule has 5 heteroatoms. The molecule has 2 aromatic rings. The molecule has 5 nitrogen and oxygen atoms in total. The minimum absolute atomic E-state index is 0.113. The summed E-state index contributed by atoms with van der Waals surface area (Å²) < 4.78 is 10.9. The fraction of sp³-hybridized carbons (Fsp3) is 0.440. The number of esters is 1. The van der Waals surface area contributed by atoms with Gasteiger partial charge in [0.1, 0.15) is 5.75 Å². The first kappa shape index (κ1) is 23.5. The number of amides is 1. The van der Waals surface area contributed by atoms with Gasteiger partial charge >= 0.3 is 5.97 Å². The molecule has 0 atom stereocenters. The Balaban J connectivity index is 1.76. The van der Waals surface area contributed by atoms with Crippen molar-refractivity contribution < 1.29 is 19.1 Å². The SMILES string of the molecule is CCCOC(=O)c1cccc(NC(=O)CCCOc2ccc(C(C)(C)CC)cc2)c1. The Labute approximate surface area is 179 Å². The van der Waals surface area contributed by atoms with Crippen molar-refractivity contribution in [1.82, 2.24) is 0 Å². The van der Waals surface area contributed by atoms with Gasteiger partial charge in [-0.3, -0.25) is 4.79 Å². The molecule has 0 saturated carbocycles. The second-order valence-electron chi connectivity index (χ2n) is 7.98. The van der Waals surface area contributed by atoms with E-state index in [9.17, 15) is 9.59 Å². The molecule has 0 aliphatic rings. The molecule has 0 bridgehead atoms. The van der Waals surface area contributed by atoms with E-state index in [1.54, 1.807) is 24.3 Å². The van der Waals surface area contributed by atoms with Crippen molar-refractivity contribution in [3.63, 3.8) is 0 Å². The van der Waals surface area contributed by atoms with Crippen LogP contribution in [0.15, 0.2) is 48.5 Å². The van der Waals surface area contributed by atoms with Crippen LogP contribution in [0.1, 0.15) is 69.3 Å². The number of hydrogen-bond donors (Lipinski definition) is 1. The summed E-state index contributed by atoms with van der Waals surface area (Å²) in [5, 5.41) is 2.82. The lowest BCUT2D eigenvalue weighted by Gasteiger charge is -2.23. The maximum Gasteiger partial charge on any atom is 0.338 e. The summed E-state index contributed by atoms with van der Waals surface area (Å²) in [4.78, 5) is 24.1. The second kappa shape index (κ2) is 11.4. The Bertz CT molecular complexity index is 827. The number of ether oxygens (including phenoxy) is 2. The van der Waals surface area contributed by atoms with Crippen LogP contribution in [0.4, 0.5) is 5.69 Å². The third-order valence-electron chi connectivity index (χ3n) is 5.16. The molecular weight excluding hydrogens is 378 g/mol. The summed E-state index contributed by atoms with van der Waals surface area (Å²) in [7, 11) is 0. The molecule has 2 rings (SSSR count). The van der Waals surface area contributed by atoms with E-state index in [2.05, 4.69) is 38.2 Å². The molecule has 0 aliphatic carbocycles. The van der Waals surface area contributed by atoms with Crippen molar-refractivity contribution >= 4 is 17.6 Å². The molecule has 1 amide bonds. The lowest BCUT2D eigenvalue weighted by molar-refractivity contribution is -0.116. The number of carbonyl (C=O) groups is 2. The van der Waals surface area contributed by atoms with Gasteiger partial charge in [-0.15, -0.1) is 0 Å². The lowest BCUT2D eigenvalue weighted by Crippen LogP contribution is -2.15. The van der Waals surface area contributed by atoms with Gasteiger partial charge in [-0.1, -0.05) is 45.9 Å². The van der Waals surface area contributed by atoms with E-state index >= 15 is 0 Å². The molecule has 0 aliphatic heterocycles.